The first-order valence-corrected chi connectivity index (χ1v) is 13.8. The van der Waals surface area contributed by atoms with Gasteiger partial charge >= 0.3 is 0 Å². The molecule has 2 aromatic carbocycles. The maximum Gasteiger partial charge on any atom is 0.236 e. The number of nitrogens with one attached hydrogen (secondary N) is 2. The van der Waals surface area contributed by atoms with Gasteiger partial charge in [-0.1, -0.05) is 24.3 Å². The van der Waals surface area contributed by atoms with Crippen molar-refractivity contribution in [3.05, 3.63) is 71.6 Å². The highest BCUT2D eigenvalue weighted by atomic mass is 19.1. The van der Waals surface area contributed by atoms with Crippen molar-refractivity contribution >= 4 is 17.5 Å². The molecule has 2 atom stereocenters. The summed E-state index contributed by atoms with van der Waals surface area (Å²) in [6, 6.07) is 12.4. The van der Waals surface area contributed by atoms with Gasteiger partial charge in [0.2, 0.25) is 11.8 Å². The summed E-state index contributed by atoms with van der Waals surface area (Å²) in [4.78, 5) is 30.0. The molecular formula is C30H37FN4O4. The largest absolute Gasteiger partial charge is 0.489 e. The third-order valence-corrected chi connectivity index (χ3v) is 7.74. The number of rotatable bonds is 5. The first-order chi connectivity index (χ1) is 19.0. The quantitative estimate of drug-likeness (QED) is 0.572. The molecule has 3 heterocycles. The standard InChI is InChI=1S/C30H37FN4O4/c31-26-5-3-22(4-6-26)18-33-29(36)17-23-9-10-35-21-24(23)2-1-13-39-28-8-7-27(34-11-14-38-15-12-34)16-25(28)19-32-20-30(35)37/h1-8,16,23-24,32H,9-15,17-21H2,(H,33,36)/b2-1-/t23-,24-/m0/s1. The van der Waals surface area contributed by atoms with Crippen molar-refractivity contribution in [1.82, 2.24) is 15.5 Å². The van der Waals surface area contributed by atoms with Crippen LogP contribution in [-0.4, -0.2) is 69.3 Å². The van der Waals surface area contributed by atoms with Gasteiger partial charge in [0.15, 0.2) is 0 Å². The molecular weight excluding hydrogens is 499 g/mol. The van der Waals surface area contributed by atoms with E-state index in [9.17, 15) is 14.0 Å². The molecule has 9 heteroatoms. The normalized spacial score (nSPS) is 22.9. The minimum Gasteiger partial charge on any atom is -0.489 e. The summed E-state index contributed by atoms with van der Waals surface area (Å²) in [5.74, 6) is 0.724. The molecule has 3 aliphatic heterocycles. The van der Waals surface area contributed by atoms with Gasteiger partial charge in [0.1, 0.15) is 18.2 Å². The molecule has 2 saturated heterocycles. The Kier molecular flexibility index (Phi) is 9.11. The van der Waals surface area contributed by atoms with Crippen molar-refractivity contribution in [2.75, 3.05) is 57.4 Å². The summed E-state index contributed by atoms with van der Waals surface area (Å²) in [5, 5.41) is 6.27. The molecule has 2 fully saturated rings. The molecule has 0 aliphatic carbocycles. The molecule has 208 valence electrons. The van der Waals surface area contributed by atoms with Crippen LogP contribution in [0, 0.1) is 17.7 Å². The number of fused-ring (bicyclic) bond motifs is 3. The highest BCUT2D eigenvalue weighted by Crippen LogP contribution is 2.29. The van der Waals surface area contributed by atoms with Gasteiger partial charge in [-0.25, -0.2) is 4.39 Å². The number of morpholine rings is 1. The van der Waals surface area contributed by atoms with Crippen molar-refractivity contribution in [1.29, 1.82) is 0 Å². The summed E-state index contributed by atoms with van der Waals surface area (Å²) in [5.41, 5.74) is 3.01. The van der Waals surface area contributed by atoms with Crippen LogP contribution in [0.1, 0.15) is 24.0 Å². The van der Waals surface area contributed by atoms with Gasteiger partial charge in [0.25, 0.3) is 0 Å². The third kappa shape index (κ3) is 7.36. The van der Waals surface area contributed by atoms with E-state index < -0.39 is 0 Å². The number of piperidine rings is 1. The predicted octanol–water partition coefficient (Wildman–Crippen LogP) is 2.87. The number of carbonyl (C=O) groups excluding carboxylic acids is 2. The molecule has 39 heavy (non-hydrogen) atoms. The van der Waals surface area contributed by atoms with E-state index in [1.807, 2.05) is 17.0 Å². The Morgan fingerprint density at radius 2 is 1.87 bits per heavy atom. The number of ether oxygens (including phenoxy) is 2. The molecule has 5 rings (SSSR count). The highest BCUT2D eigenvalue weighted by Gasteiger charge is 2.31. The Bertz CT molecular complexity index is 1170. The Morgan fingerprint density at radius 3 is 2.69 bits per heavy atom. The zero-order valence-electron chi connectivity index (χ0n) is 22.2. The zero-order chi connectivity index (χ0) is 27.0. The number of halogens is 1. The van der Waals surface area contributed by atoms with Crippen LogP contribution in [0.5, 0.6) is 5.75 Å². The van der Waals surface area contributed by atoms with E-state index in [0.29, 0.717) is 39.2 Å². The van der Waals surface area contributed by atoms with Crippen LogP contribution in [-0.2, 0) is 27.4 Å². The summed E-state index contributed by atoms with van der Waals surface area (Å²) < 4.78 is 24.8. The molecule has 8 nitrogen and oxygen atoms in total. The molecule has 2 amide bonds. The fourth-order valence-corrected chi connectivity index (χ4v) is 5.49. The maximum atomic E-state index is 13.1. The van der Waals surface area contributed by atoms with Crippen LogP contribution in [0.25, 0.3) is 0 Å². The monoisotopic (exact) mass is 536 g/mol. The Labute approximate surface area is 229 Å². The van der Waals surface area contributed by atoms with Crippen LogP contribution in [0.3, 0.4) is 0 Å². The third-order valence-electron chi connectivity index (χ3n) is 7.74. The Hall–Kier alpha value is -3.43. The second-order valence-corrected chi connectivity index (χ2v) is 10.4. The first-order valence-electron chi connectivity index (χ1n) is 13.8. The fraction of sp³-hybridized carbons (Fsp3) is 0.467. The van der Waals surface area contributed by atoms with Crippen molar-refractivity contribution < 1.29 is 23.5 Å². The van der Waals surface area contributed by atoms with E-state index in [2.05, 4.69) is 33.7 Å². The molecule has 2 N–H and O–H groups in total. The zero-order valence-corrected chi connectivity index (χ0v) is 22.2. The van der Waals surface area contributed by atoms with E-state index in [4.69, 9.17) is 9.47 Å². The summed E-state index contributed by atoms with van der Waals surface area (Å²) in [6.45, 7) is 5.94. The van der Waals surface area contributed by atoms with Crippen LogP contribution < -0.4 is 20.3 Å². The Morgan fingerprint density at radius 1 is 1.05 bits per heavy atom. The van der Waals surface area contributed by atoms with Gasteiger partial charge in [-0.2, -0.15) is 0 Å². The lowest BCUT2D eigenvalue weighted by Crippen LogP contribution is -2.47. The van der Waals surface area contributed by atoms with E-state index in [-0.39, 0.29) is 36.0 Å². The van der Waals surface area contributed by atoms with Crippen LogP contribution in [0.4, 0.5) is 10.1 Å². The average molecular weight is 537 g/mol. The number of hydrogen-bond acceptors (Lipinski definition) is 6. The molecule has 0 saturated carbocycles. The lowest BCUT2D eigenvalue weighted by Gasteiger charge is -2.37. The molecule has 2 bridgehead atoms. The number of amides is 2. The molecule has 2 aromatic rings. The van der Waals surface area contributed by atoms with Crippen LogP contribution in [0.2, 0.25) is 0 Å². The van der Waals surface area contributed by atoms with Gasteiger partial charge in [-0.05, 0) is 54.2 Å². The summed E-state index contributed by atoms with van der Waals surface area (Å²) in [6.07, 6.45) is 5.25. The molecule has 3 aliphatic rings. The lowest BCUT2D eigenvalue weighted by atomic mass is 9.82. The maximum absolute atomic E-state index is 13.1. The van der Waals surface area contributed by atoms with Crippen LogP contribution >= 0.6 is 0 Å². The smallest absolute Gasteiger partial charge is 0.236 e. The second kappa shape index (κ2) is 13.1. The van der Waals surface area contributed by atoms with E-state index in [0.717, 1.165) is 55.3 Å². The summed E-state index contributed by atoms with van der Waals surface area (Å²) >= 11 is 0. The van der Waals surface area contributed by atoms with Crippen molar-refractivity contribution in [2.45, 2.75) is 25.9 Å². The van der Waals surface area contributed by atoms with Gasteiger partial charge < -0.3 is 29.9 Å². The molecule has 0 spiro atoms. The minimum absolute atomic E-state index is 0.0386. The van der Waals surface area contributed by atoms with Gasteiger partial charge in [-0.3, -0.25) is 9.59 Å². The minimum atomic E-state index is -0.295. The number of hydrogen-bond donors (Lipinski definition) is 2. The van der Waals surface area contributed by atoms with Crippen LogP contribution in [0.15, 0.2) is 54.6 Å². The molecule has 0 unspecified atom stereocenters. The average Bonchev–Trinajstić information content (AvgIpc) is 2.97. The summed E-state index contributed by atoms with van der Waals surface area (Å²) in [7, 11) is 0. The van der Waals surface area contributed by atoms with Crippen molar-refractivity contribution in [3.63, 3.8) is 0 Å². The number of benzene rings is 2. The number of carbonyl (C=O) groups is 2. The number of anilines is 1. The van der Waals surface area contributed by atoms with Gasteiger partial charge in [0, 0.05) is 56.9 Å². The van der Waals surface area contributed by atoms with Crippen molar-refractivity contribution in [2.24, 2.45) is 11.8 Å². The first kappa shape index (κ1) is 27.1. The highest BCUT2D eigenvalue weighted by molar-refractivity contribution is 5.79. The second-order valence-electron chi connectivity index (χ2n) is 10.4. The van der Waals surface area contributed by atoms with E-state index in [1.54, 1.807) is 12.1 Å². The van der Waals surface area contributed by atoms with E-state index in [1.165, 1.54) is 12.1 Å². The number of nitrogens with zero attached hydrogens (tertiary/aromatic N) is 2. The molecule has 0 radical (unpaired) electrons. The SMILES string of the molecule is O=C(C[C@@H]1CCN2C[C@@H]1/C=C\COc1ccc(N3CCOCC3)cc1CNCC2=O)NCc1ccc(F)cc1. The van der Waals surface area contributed by atoms with Gasteiger partial charge in [-0.15, -0.1) is 0 Å². The van der Waals surface area contributed by atoms with Gasteiger partial charge in [0.05, 0.1) is 19.8 Å². The van der Waals surface area contributed by atoms with Crippen molar-refractivity contribution in [3.8, 4) is 5.75 Å². The Balaban J connectivity index is 1.23. The molecule has 0 aromatic heterocycles. The lowest BCUT2D eigenvalue weighted by molar-refractivity contribution is -0.132. The topological polar surface area (TPSA) is 83.1 Å². The fourth-order valence-electron chi connectivity index (χ4n) is 5.49. The van der Waals surface area contributed by atoms with E-state index >= 15 is 0 Å². The predicted molar refractivity (Wildman–Crippen MR) is 147 cm³/mol.